The van der Waals surface area contributed by atoms with Crippen LogP contribution >= 0.6 is 0 Å². The van der Waals surface area contributed by atoms with Crippen molar-refractivity contribution in [2.45, 2.75) is 45.1 Å². The normalized spacial score (nSPS) is 28.4. The van der Waals surface area contributed by atoms with E-state index < -0.39 is 5.60 Å². The van der Waals surface area contributed by atoms with E-state index >= 15 is 0 Å². The van der Waals surface area contributed by atoms with E-state index in [0.29, 0.717) is 23.3 Å². The van der Waals surface area contributed by atoms with Crippen LogP contribution in [0.3, 0.4) is 0 Å². The number of ether oxygens (including phenoxy) is 1. The van der Waals surface area contributed by atoms with Crippen molar-refractivity contribution in [2.75, 3.05) is 27.2 Å². The second-order valence-electron chi connectivity index (χ2n) is 7.83. The smallest absolute Gasteiger partial charge is 0.127 e. The fraction of sp³-hybridized carbons (Fsp3) is 0.684. The summed E-state index contributed by atoms with van der Waals surface area (Å²) in [5.41, 5.74) is -0.00683. The highest BCUT2D eigenvalue weighted by Crippen LogP contribution is 2.57. The van der Waals surface area contributed by atoms with Crippen LogP contribution in [0.1, 0.15) is 44.2 Å². The van der Waals surface area contributed by atoms with E-state index in [1.807, 2.05) is 0 Å². The second-order valence-corrected chi connectivity index (χ2v) is 7.83. The van der Waals surface area contributed by atoms with Gasteiger partial charge in [-0.05, 0) is 74.8 Å². The molecule has 2 aliphatic rings. The summed E-state index contributed by atoms with van der Waals surface area (Å²) < 4.78 is 20.0. The Labute approximate surface area is 138 Å². The maximum absolute atomic E-state index is 14.4. The predicted molar refractivity (Wildman–Crippen MR) is 89.2 cm³/mol. The van der Waals surface area contributed by atoms with Crippen LogP contribution in [0.2, 0.25) is 0 Å². The van der Waals surface area contributed by atoms with E-state index in [1.54, 1.807) is 13.2 Å². The van der Waals surface area contributed by atoms with Crippen LogP contribution in [0, 0.1) is 17.2 Å². The van der Waals surface area contributed by atoms with E-state index in [1.165, 1.54) is 6.07 Å². The lowest BCUT2D eigenvalue weighted by Crippen LogP contribution is -2.54. The van der Waals surface area contributed by atoms with Crippen molar-refractivity contribution in [3.8, 4) is 5.75 Å². The highest BCUT2D eigenvalue weighted by Gasteiger charge is 2.55. The minimum Gasteiger partial charge on any atom is -0.496 e. The molecule has 1 aromatic rings. The number of aliphatic hydroxyl groups is 1. The Hall–Kier alpha value is -1.13. The Morgan fingerprint density at radius 1 is 1.26 bits per heavy atom. The van der Waals surface area contributed by atoms with Gasteiger partial charge in [-0.2, -0.15) is 0 Å². The van der Waals surface area contributed by atoms with Crippen molar-refractivity contribution >= 4 is 0 Å². The molecule has 128 valence electrons. The maximum Gasteiger partial charge on any atom is 0.127 e. The van der Waals surface area contributed by atoms with Gasteiger partial charge in [0.05, 0.1) is 7.11 Å². The molecule has 0 amide bonds. The molecule has 1 unspecified atom stereocenters. The van der Waals surface area contributed by atoms with Gasteiger partial charge in [-0.1, -0.05) is 13.8 Å². The summed E-state index contributed by atoms with van der Waals surface area (Å²) >= 11 is 0. The molecule has 1 heterocycles. The molecule has 0 radical (unpaired) electrons. The van der Waals surface area contributed by atoms with Crippen LogP contribution in [0.5, 0.6) is 5.75 Å². The Balaban J connectivity index is 2.16. The van der Waals surface area contributed by atoms with Gasteiger partial charge in [0.15, 0.2) is 0 Å². The molecule has 23 heavy (non-hydrogen) atoms. The number of methoxy groups -OCH3 is 1. The summed E-state index contributed by atoms with van der Waals surface area (Å²) in [4.78, 5) is 2.29. The number of halogens is 1. The molecule has 1 atom stereocenters. The van der Waals surface area contributed by atoms with E-state index in [2.05, 4.69) is 25.8 Å². The SMILES string of the molecule is COc1ccc(F)c2c1C(O)(C1CCN(C)CC1)C(C)(C)CC2. The van der Waals surface area contributed by atoms with Gasteiger partial charge in [0.25, 0.3) is 0 Å². The van der Waals surface area contributed by atoms with Gasteiger partial charge in [-0.15, -0.1) is 0 Å². The van der Waals surface area contributed by atoms with Gasteiger partial charge in [0.1, 0.15) is 17.2 Å². The third kappa shape index (κ3) is 2.47. The topological polar surface area (TPSA) is 32.7 Å². The maximum atomic E-state index is 14.4. The van der Waals surface area contributed by atoms with Crippen molar-refractivity contribution < 1.29 is 14.2 Å². The highest BCUT2D eigenvalue weighted by atomic mass is 19.1. The Bertz CT molecular complexity index is 593. The summed E-state index contributed by atoms with van der Waals surface area (Å²) in [5.74, 6) is 0.529. The number of likely N-dealkylation sites (tertiary alicyclic amines) is 1. The van der Waals surface area contributed by atoms with E-state index in [0.717, 1.165) is 32.4 Å². The van der Waals surface area contributed by atoms with Gasteiger partial charge in [-0.3, -0.25) is 0 Å². The first-order chi connectivity index (χ1) is 10.8. The number of piperidine rings is 1. The van der Waals surface area contributed by atoms with Crippen LogP contribution in [0.15, 0.2) is 12.1 Å². The zero-order valence-corrected chi connectivity index (χ0v) is 14.7. The van der Waals surface area contributed by atoms with E-state index in [9.17, 15) is 9.50 Å². The molecule has 4 heteroatoms. The van der Waals surface area contributed by atoms with Crippen molar-refractivity contribution in [3.63, 3.8) is 0 Å². The van der Waals surface area contributed by atoms with Gasteiger partial charge in [0, 0.05) is 5.56 Å². The quantitative estimate of drug-likeness (QED) is 0.907. The molecular formula is C19H28FNO2. The van der Waals surface area contributed by atoms with Gasteiger partial charge in [-0.25, -0.2) is 4.39 Å². The number of nitrogens with zero attached hydrogens (tertiary/aromatic N) is 1. The molecule has 1 fully saturated rings. The van der Waals surface area contributed by atoms with Crippen LogP contribution in [0.25, 0.3) is 0 Å². The number of hydrogen-bond donors (Lipinski definition) is 1. The Kier molecular flexibility index (Phi) is 4.18. The summed E-state index contributed by atoms with van der Waals surface area (Å²) in [6.07, 6.45) is 3.29. The summed E-state index contributed by atoms with van der Waals surface area (Å²) in [7, 11) is 3.71. The van der Waals surface area contributed by atoms with E-state index in [4.69, 9.17) is 4.74 Å². The summed E-state index contributed by atoms with van der Waals surface area (Å²) in [6.45, 7) is 6.16. The zero-order valence-electron chi connectivity index (χ0n) is 14.7. The number of fused-ring (bicyclic) bond motifs is 1. The average molecular weight is 321 g/mol. The average Bonchev–Trinajstić information content (AvgIpc) is 2.52. The monoisotopic (exact) mass is 321 g/mol. The van der Waals surface area contributed by atoms with Crippen molar-refractivity contribution in [1.29, 1.82) is 0 Å². The largest absolute Gasteiger partial charge is 0.496 e. The Morgan fingerprint density at radius 3 is 2.52 bits per heavy atom. The fourth-order valence-electron chi connectivity index (χ4n) is 4.58. The van der Waals surface area contributed by atoms with Crippen LogP contribution in [-0.2, 0) is 12.0 Å². The molecule has 0 bridgehead atoms. The minimum atomic E-state index is -1.05. The second kappa shape index (κ2) is 5.75. The molecule has 0 aromatic heterocycles. The van der Waals surface area contributed by atoms with Gasteiger partial charge >= 0.3 is 0 Å². The molecule has 1 aromatic carbocycles. The standard InChI is InChI=1S/C19H28FNO2/c1-18(2)10-7-14-15(20)5-6-16(23-4)17(14)19(18,22)13-8-11-21(3)12-9-13/h5-6,13,22H,7-12H2,1-4H3. The van der Waals surface area contributed by atoms with Crippen molar-refractivity contribution in [2.24, 2.45) is 11.3 Å². The Morgan fingerprint density at radius 2 is 1.91 bits per heavy atom. The number of rotatable bonds is 2. The number of hydrogen-bond acceptors (Lipinski definition) is 3. The molecule has 3 nitrogen and oxygen atoms in total. The molecule has 1 aliphatic heterocycles. The first kappa shape index (κ1) is 16.7. The van der Waals surface area contributed by atoms with Crippen LogP contribution < -0.4 is 4.74 Å². The molecule has 1 N–H and O–H groups in total. The summed E-state index contributed by atoms with van der Waals surface area (Å²) in [6, 6.07) is 3.13. The van der Waals surface area contributed by atoms with Crippen molar-refractivity contribution in [1.82, 2.24) is 4.90 Å². The molecule has 0 saturated carbocycles. The lowest BCUT2D eigenvalue weighted by Gasteiger charge is -2.53. The third-order valence-corrected chi connectivity index (χ3v) is 6.16. The molecule has 3 rings (SSSR count). The van der Waals surface area contributed by atoms with Crippen LogP contribution in [0.4, 0.5) is 4.39 Å². The summed E-state index contributed by atoms with van der Waals surface area (Å²) in [5, 5.41) is 11.9. The predicted octanol–water partition coefficient (Wildman–Crippen LogP) is 3.34. The lowest BCUT2D eigenvalue weighted by atomic mass is 9.56. The van der Waals surface area contributed by atoms with Crippen LogP contribution in [-0.4, -0.2) is 37.3 Å². The molecule has 1 saturated heterocycles. The van der Waals surface area contributed by atoms with Gasteiger partial charge in [0.2, 0.25) is 0 Å². The zero-order chi connectivity index (χ0) is 16.8. The molecule has 1 aliphatic carbocycles. The van der Waals surface area contributed by atoms with Crippen molar-refractivity contribution in [3.05, 3.63) is 29.1 Å². The van der Waals surface area contributed by atoms with Gasteiger partial charge < -0.3 is 14.7 Å². The molecule has 0 spiro atoms. The minimum absolute atomic E-state index is 0.128. The fourth-order valence-corrected chi connectivity index (χ4v) is 4.58. The lowest BCUT2D eigenvalue weighted by molar-refractivity contribution is -0.144. The molecular weight excluding hydrogens is 293 g/mol. The third-order valence-electron chi connectivity index (χ3n) is 6.16. The number of benzene rings is 1. The van der Waals surface area contributed by atoms with E-state index in [-0.39, 0.29) is 17.2 Å². The highest BCUT2D eigenvalue weighted by molar-refractivity contribution is 5.48. The first-order valence-corrected chi connectivity index (χ1v) is 8.58. The first-order valence-electron chi connectivity index (χ1n) is 8.58.